The Labute approximate surface area is 127 Å². The van der Waals surface area contributed by atoms with E-state index in [0.29, 0.717) is 22.5 Å². The van der Waals surface area contributed by atoms with Gasteiger partial charge < -0.3 is 15.7 Å². The first-order valence-electron chi connectivity index (χ1n) is 6.41. The maximum atomic E-state index is 11.9. The highest BCUT2D eigenvalue weighted by molar-refractivity contribution is 6.00. The zero-order chi connectivity index (χ0) is 16.1. The van der Waals surface area contributed by atoms with Crippen LogP contribution in [0.25, 0.3) is 0 Å². The fourth-order valence-electron chi connectivity index (χ4n) is 1.85. The Bertz CT molecular complexity index is 761. The predicted octanol–water partition coefficient (Wildman–Crippen LogP) is 3.21. The Hall–Kier alpha value is -3.33. The van der Waals surface area contributed by atoms with Crippen molar-refractivity contribution in [2.45, 2.75) is 6.92 Å². The van der Waals surface area contributed by atoms with E-state index in [4.69, 9.17) is 10.4 Å². The van der Waals surface area contributed by atoms with Crippen molar-refractivity contribution in [2.75, 3.05) is 10.6 Å². The first kappa shape index (κ1) is 15.1. The number of aromatic carboxylic acids is 1. The first-order valence-corrected chi connectivity index (χ1v) is 6.41. The summed E-state index contributed by atoms with van der Waals surface area (Å²) in [5.41, 5.74) is 2.39. The van der Waals surface area contributed by atoms with Crippen molar-refractivity contribution in [3.05, 3.63) is 59.2 Å². The molecule has 0 bridgehead atoms. The van der Waals surface area contributed by atoms with E-state index in [1.54, 1.807) is 31.2 Å². The SMILES string of the molecule is Cc1cc(C(=O)O)ccc1NC(=O)Nc1ccc(C#N)cc1. The third kappa shape index (κ3) is 3.61. The summed E-state index contributed by atoms with van der Waals surface area (Å²) >= 11 is 0. The van der Waals surface area contributed by atoms with E-state index < -0.39 is 12.0 Å². The third-order valence-electron chi connectivity index (χ3n) is 2.99. The van der Waals surface area contributed by atoms with Gasteiger partial charge >= 0.3 is 12.0 Å². The van der Waals surface area contributed by atoms with Crippen LogP contribution in [0.2, 0.25) is 0 Å². The van der Waals surface area contributed by atoms with Crippen LogP contribution in [0.1, 0.15) is 21.5 Å². The molecule has 2 aromatic carbocycles. The van der Waals surface area contributed by atoms with Crippen molar-refractivity contribution in [1.29, 1.82) is 5.26 Å². The van der Waals surface area contributed by atoms with Gasteiger partial charge in [-0.05, 0) is 55.0 Å². The molecule has 2 aromatic rings. The van der Waals surface area contributed by atoms with Gasteiger partial charge in [-0.2, -0.15) is 5.26 Å². The molecule has 0 heterocycles. The standard InChI is InChI=1S/C16H13N3O3/c1-10-8-12(15(20)21)4-7-14(10)19-16(22)18-13-5-2-11(9-17)3-6-13/h2-8H,1H3,(H,20,21)(H2,18,19,22). The van der Waals surface area contributed by atoms with Gasteiger partial charge in [0.15, 0.2) is 0 Å². The van der Waals surface area contributed by atoms with Crippen molar-refractivity contribution in [2.24, 2.45) is 0 Å². The normalized spacial score (nSPS) is 9.64. The van der Waals surface area contributed by atoms with Gasteiger partial charge in [0.05, 0.1) is 17.2 Å². The van der Waals surface area contributed by atoms with E-state index in [2.05, 4.69) is 10.6 Å². The monoisotopic (exact) mass is 295 g/mol. The van der Waals surface area contributed by atoms with Crippen molar-refractivity contribution in [1.82, 2.24) is 0 Å². The molecule has 0 atom stereocenters. The highest BCUT2D eigenvalue weighted by atomic mass is 16.4. The molecule has 0 fully saturated rings. The fourth-order valence-corrected chi connectivity index (χ4v) is 1.85. The van der Waals surface area contributed by atoms with Crippen LogP contribution < -0.4 is 10.6 Å². The number of nitriles is 1. The lowest BCUT2D eigenvalue weighted by molar-refractivity contribution is 0.0697. The molecule has 0 aliphatic carbocycles. The van der Waals surface area contributed by atoms with Crippen LogP contribution >= 0.6 is 0 Å². The second kappa shape index (κ2) is 6.41. The minimum Gasteiger partial charge on any atom is -0.478 e. The maximum Gasteiger partial charge on any atom is 0.335 e. The number of hydrogen-bond acceptors (Lipinski definition) is 3. The molecule has 0 saturated heterocycles. The number of anilines is 2. The van der Waals surface area contributed by atoms with Gasteiger partial charge in [-0.15, -0.1) is 0 Å². The summed E-state index contributed by atoms with van der Waals surface area (Å²) in [4.78, 5) is 22.8. The predicted molar refractivity (Wildman–Crippen MR) is 81.9 cm³/mol. The van der Waals surface area contributed by atoms with Gasteiger partial charge in [-0.3, -0.25) is 0 Å². The molecule has 0 spiro atoms. The molecule has 2 rings (SSSR count). The van der Waals surface area contributed by atoms with Crippen molar-refractivity contribution < 1.29 is 14.7 Å². The van der Waals surface area contributed by atoms with Crippen molar-refractivity contribution >= 4 is 23.4 Å². The lowest BCUT2D eigenvalue weighted by Gasteiger charge is -2.10. The minimum atomic E-state index is -1.02. The van der Waals surface area contributed by atoms with Crippen LogP contribution in [0.3, 0.4) is 0 Å². The van der Waals surface area contributed by atoms with Crippen LogP contribution in [0.4, 0.5) is 16.2 Å². The number of nitrogens with zero attached hydrogens (tertiary/aromatic N) is 1. The van der Waals surface area contributed by atoms with Crippen LogP contribution in [0.5, 0.6) is 0 Å². The number of carbonyl (C=O) groups is 2. The van der Waals surface area contributed by atoms with Crippen LogP contribution in [0.15, 0.2) is 42.5 Å². The summed E-state index contributed by atoms with van der Waals surface area (Å²) in [5, 5.41) is 22.9. The molecular formula is C16H13N3O3. The second-order valence-electron chi connectivity index (χ2n) is 4.60. The molecule has 0 radical (unpaired) electrons. The second-order valence-corrected chi connectivity index (χ2v) is 4.60. The minimum absolute atomic E-state index is 0.163. The van der Waals surface area contributed by atoms with Gasteiger partial charge in [-0.25, -0.2) is 9.59 Å². The molecule has 6 nitrogen and oxygen atoms in total. The molecule has 0 aliphatic rings. The molecule has 110 valence electrons. The van der Waals surface area contributed by atoms with E-state index in [1.807, 2.05) is 6.07 Å². The van der Waals surface area contributed by atoms with Gasteiger partial charge in [-0.1, -0.05) is 0 Å². The number of carbonyl (C=O) groups excluding carboxylic acids is 1. The fraction of sp³-hybridized carbons (Fsp3) is 0.0625. The quantitative estimate of drug-likeness (QED) is 0.809. The highest BCUT2D eigenvalue weighted by Crippen LogP contribution is 2.17. The molecule has 22 heavy (non-hydrogen) atoms. The van der Waals surface area contributed by atoms with E-state index in [-0.39, 0.29) is 5.56 Å². The van der Waals surface area contributed by atoms with Gasteiger partial charge in [0.2, 0.25) is 0 Å². The zero-order valence-corrected chi connectivity index (χ0v) is 11.8. The van der Waals surface area contributed by atoms with E-state index >= 15 is 0 Å². The largest absolute Gasteiger partial charge is 0.478 e. The Morgan fingerprint density at radius 3 is 2.32 bits per heavy atom. The molecule has 2 amide bonds. The number of amides is 2. The van der Waals surface area contributed by atoms with E-state index in [0.717, 1.165) is 0 Å². The number of carboxylic acids is 1. The summed E-state index contributed by atoms with van der Waals surface area (Å²) in [5.74, 6) is -1.02. The number of carboxylic acid groups (broad SMARTS) is 1. The Morgan fingerprint density at radius 1 is 1.09 bits per heavy atom. The number of rotatable bonds is 3. The van der Waals surface area contributed by atoms with Crippen molar-refractivity contribution in [3.8, 4) is 6.07 Å². The molecule has 6 heteroatoms. The third-order valence-corrected chi connectivity index (χ3v) is 2.99. The summed E-state index contributed by atoms with van der Waals surface area (Å²) in [7, 11) is 0. The molecule has 0 saturated carbocycles. The summed E-state index contributed by atoms with van der Waals surface area (Å²) in [6.45, 7) is 1.71. The van der Waals surface area contributed by atoms with E-state index in [1.165, 1.54) is 18.2 Å². The van der Waals surface area contributed by atoms with Gasteiger partial charge in [0, 0.05) is 11.4 Å². The Balaban J connectivity index is 2.05. The lowest BCUT2D eigenvalue weighted by Crippen LogP contribution is -2.20. The maximum absolute atomic E-state index is 11.9. The van der Waals surface area contributed by atoms with Crippen LogP contribution in [0, 0.1) is 18.3 Å². The average molecular weight is 295 g/mol. The first-order chi connectivity index (χ1) is 10.5. The van der Waals surface area contributed by atoms with Crippen LogP contribution in [-0.4, -0.2) is 17.1 Å². The zero-order valence-electron chi connectivity index (χ0n) is 11.8. The van der Waals surface area contributed by atoms with Gasteiger partial charge in [0.1, 0.15) is 0 Å². The Morgan fingerprint density at radius 2 is 1.77 bits per heavy atom. The molecule has 0 aliphatic heterocycles. The van der Waals surface area contributed by atoms with Crippen LogP contribution in [-0.2, 0) is 0 Å². The summed E-state index contributed by atoms with van der Waals surface area (Å²) < 4.78 is 0. The van der Waals surface area contributed by atoms with E-state index in [9.17, 15) is 9.59 Å². The summed E-state index contributed by atoms with van der Waals surface area (Å²) in [6, 6.07) is 12.4. The number of nitrogens with one attached hydrogen (secondary N) is 2. The average Bonchev–Trinajstić information content (AvgIpc) is 2.50. The number of benzene rings is 2. The molecule has 0 unspecified atom stereocenters. The number of urea groups is 1. The summed E-state index contributed by atoms with van der Waals surface area (Å²) in [6.07, 6.45) is 0. The van der Waals surface area contributed by atoms with Crippen molar-refractivity contribution in [3.63, 3.8) is 0 Å². The molecule has 0 aromatic heterocycles. The number of aryl methyl sites for hydroxylation is 1. The lowest BCUT2D eigenvalue weighted by atomic mass is 10.1. The van der Waals surface area contributed by atoms with Gasteiger partial charge in [0.25, 0.3) is 0 Å². The molecular weight excluding hydrogens is 282 g/mol. The topological polar surface area (TPSA) is 102 Å². The highest BCUT2D eigenvalue weighted by Gasteiger charge is 2.08. The molecule has 3 N–H and O–H groups in total. The number of hydrogen-bond donors (Lipinski definition) is 3. The smallest absolute Gasteiger partial charge is 0.335 e. The Kier molecular flexibility index (Phi) is 4.39.